The summed E-state index contributed by atoms with van der Waals surface area (Å²) in [5.74, 6) is -1.15. The minimum absolute atomic E-state index is 0.0422. The maximum absolute atomic E-state index is 12.6. The molecular formula is C17H19ClN2O5. The lowest BCUT2D eigenvalue weighted by Crippen LogP contribution is -2.44. The number of hydrogen-bond acceptors (Lipinski definition) is 5. The van der Waals surface area contributed by atoms with Gasteiger partial charge in [-0.2, -0.15) is 0 Å². The van der Waals surface area contributed by atoms with E-state index in [4.69, 9.17) is 21.1 Å². The van der Waals surface area contributed by atoms with Crippen molar-refractivity contribution in [2.75, 3.05) is 44.9 Å². The van der Waals surface area contributed by atoms with E-state index in [1.807, 2.05) is 0 Å². The third-order valence-electron chi connectivity index (χ3n) is 4.46. The van der Waals surface area contributed by atoms with Crippen molar-refractivity contribution in [1.82, 2.24) is 4.90 Å². The van der Waals surface area contributed by atoms with Crippen LogP contribution in [0.15, 0.2) is 18.2 Å². The van der Waals surface area contributed by atoms with Gasteiger partial charge in [0.1, 0.15) is 0 Å². The van der Waals surface area contributed by atoms with E-state index >= 15 is 0 Å². The van der Waals surface area contributed by atoms with Crippen molar-refractivity contribution in [3.63, 3.8) is 0 Å². The van der Waals surface area contributed by atoms with Crippen LogP contribution in [0.3, 0.4) is 0 Å². The molecule has 1 aromatic carbocycles. The van der Waals surface area contributed by atoms with E-state index in [1.165, 1.54) is 24.1 Å². The van der Waals surface area contributed by atoms with Gasteiger partial charge in [0, 0.05) is 26.1 Å². The van der Waals surface area contributed by atoms with Gasteiger partial charge in [-0.1, -0.05) is 11.6 Å². The van der Waals surface area contributed by atoms with Gasteiger partial charge in [0.25, 0.3) is 0 Å². The average Bonchev–Trinajstić information content (AvgIpc) is 3.03. The molecule has 0 aromatic heterocycles. The zero-order chi connectivity index (χ0) is 18.0. The normalized spacial score (nSPS) is 20.7. The molecule has 25 heavy (non-hydrogen) atoms. The van der Waals surface area contributed by atoms with Gasteiger partial charge < -0.3 is 19.3 Å². The molecule has 7 nitrogen and oxygen atoms in total. The SMILES string of the molecule is COC(=O)c1ccc(Cl)c(N2CC(C(=O)N3CCOCC3)CC2=O)c1. The summed E-state index contributed by atoms with van der Waals surface area (Å²) >= 11 is 6.21. The molecule has 2 amide bonds. The molecule has 0 spiro atoms. The second-order valence-electron chi connectivity index (χ2n) is 6.00. The Balaban J connectivity index is 1.78. The largest absolute Gasteiger partial charge is 0.465 e. The van der Waals surface area contributed by atoms with Crippen LogP contribution in [0.25, 0.3) is 0 Å². The fourth-order valence-corrected chi connectivity index (χ4v) is 3.33. The number of carbonyl (C=O) groups excluding carboxylic acids is 3. The van der Waals surface area contributed by atoms with Crippen molar-refractivity contribution in [1.29, 1.82) is 0 Å². The molecule has 1 aromatic rings. The van der Waals surface area contributed by atoms with E-state index < -0.39 is 11.9 Å². The van der Waals surface area contributed by atoms with E-state index in [1.54, 1.807) is 11.0 Å². The Kier molecular flexibility index (Phi) is 5.24. The molecule has 0 saturated carbocycles. The number of methoxy groups -OCH3 is 1. The molecule has 134 valence electrons. The highest BCUT2D eigenvalue weighted by Gasteiger charge is 2.38. The maximum atomic E-state index is 12.6. The van der Waals surface area contributed by atoms with Gasteiger partial charge in [-0.05, 0) is 18.2 Å². The molecule has 8 heteroatoms. The Bertz CT molecular complexity index is 702. The number of benzene rings is 1. The number of ether oxygens (including phenoxy) is 2. The highest BCUT2D eigenvalue weighted by Crippen LogP contribution is 2.33. The molecule has 1 atom stereocenters. The van der Waals surface area contributed by atoms with E-state index in [-0.39, 0.29) is 24.8 Å². The Hall–Kier alpha value is -2.12. The number of hydrogen-bond donors (Lipinski definition) is 0. The molecule has 2 aliphatic heterocycles. The number of esters is 1. The van der Waals surface area contributed by atoms with Crippen molar-refractivity contribution in [2.24, 2.45) is 5.92 Å². The second kappa shape index (κ2) is 7.41. The van der Waals surface area contributed by atoms with Crippen LogP contribution in [0.5, 0.6) is 0 Å². The molecule has 2 saturated heterocycles. The number of rotatable bonds is 3. The van der Waals surface area contributed by atoms with E-state index in [9.17, 15) is 14.4 Å². The molecule has 2 heterocycles. The van der Waals surface area contributed by atoms with Crippen molar-refractivity contribution >= 4 is 35.1 Å². The van der Waals surface area contributed by atoms with Gasteiger partial charge in [-0.3, -0.25) is 9.59 Å². The molecule has 0 N–H and O–H groups in total. The third-order valence-corrected chi connectivity index (χ3v) is 4.77. The van der Waals surface area contributed by atoms with Gasteiger partial charge in [0.2, 0.25) is 11.8 Å². The van der Waals surface area contributed by atoms with Crippen molar-refractivity contribution in [3.8, 4) is 0 Å². The van der Waals surface area contributed by atoms with Gasteiger partial charge in [-0.15, -0.1) is 0 Å². The molecular weight excluding hydrogens is 348 g/mol. The molecule has 3 rings (SSSR count). The third kappa shape index (κ3) is 3.62. The van der Waals surface area contributed by atoms with Crippen LogP contribution >= 0.6 is 11.6 Å². The van der Waals surface area contributed by atoms with Crippen LogP contribution in [0.2, 0.25) is 5.02 Å². The van der Waals surface area contributed by atoms with Crippen molar-refractivity contribution in [2.45, 2.75) is 6.42 Å². The van der Waals surface area contributed by atoms with Crippen LogP contribution in [-0.4, -0.2) is 62.6 Å². The highest BCUT2D eigenvalue weighted by molar-refractivity contribution is 6.34. The lowest BCUT2D eigenvalue weighted by atomic mass is 10.1. The minimum atomic E-state index is -0.509. The van der Waals surface area contributed by atoms with Crippen LogP contribution in [0.1, 0.15) is 16.8 Å². The van der Waals surface area contributed by atoms with Crippen LogP contribution in [-0.2, 0) is 19.1 Å². The van der Waals surface area contributed by atoms with Gasteiger partial charge in [0.15, 0.2) is 0 Å². The quantitative estimate of drug-likeness (QED) is 0.754. The standard InChI is InChI=1S/C17H19ClN2O5/c1-24-17(23)11-2-3-13(18)14(8-11)20-10-12(9-15(20)21)16(22)19-4-6-25-7-5-19/h2-3,8,12H,4-7,9-10H2,1H3. The monoisotopic (exact) mass is 366 g/mol. The van der Waals surface area contributed by atoms with Gasteiger partial charge in [-0.25, -0.2) is 4.79 Å². The van der Waals surface area contributed by atoms with Crippen LogP contribution < -0.4 is 4.90 Å². The topological polar surface area (TPSA) is 76.2 Å². The van der Waals surface area contributed by atoms with E-state index in [0.717, 1.165) is 0 Å². The van der Waals surface area contributed by atoms with Gasteiger partial charge >= 0.3 is 5.97 Å². The summed E-state index contributed by atoms with van der Waals surface area (Å²) < 4.78 is 9.95. The fourth-order valence-electron chi connectivity index (χ4n) is 3.11. The highest BCUT2D eigenvalue weighted by atomic mass is 35.5. The summed E-state index contributed by atoms with van der Waals surface area (Å²) in [5.41, 5.74) is 0.726. The average molecular weight is 367 g/mol. The lowest BCUT2D eigenvalue weighted by Gasteiger charge is -2.29. The first-order valence-electron chi connectivity index (χ1n) is 8.06. The Morgan fingerprint density at radius 2 is 2.00 bits per heavy atom. The maximum Gasteiger partial charge on any atom is 0.337 e. The predicted molar refractivity (Wildman–Crippen MR) is 90.7 cm³/mol. The summed E-state index contributed by atoms with van der Waals surface area (Å²) in [7, 11) is 1.29. The first-order chi connectivity index (χ1) is 12.0. The van der Waals surface area contributed by atoms with Crippen LogP contribution in [0.4, 0.5) is 5.69 Å². The Labute approximate surface area is 150 Å². The molecule has 0 aliphatic carbocycles. The van der Waals surface area contributed by atoms with E-state index in [0.29, 0.717) is 42.6 Å². The first-order valence-corrected chi connectivity index (χ1v) is 8.44. The summed E-state index contributed by atoms with van der Waals surface area (Å²) in [6.07, 6.45) is 0.134. The summed E-state index contributed by atoms with van der Waals surface area (Å²) in [6, 6.07) is 4.61. The lowest BCUT2D eigenvalue weighted by molar-refractivity contribution is -0.139. The molecule has 2 fully saturated rings. The predicted octanol–water partition coefficient (Wildman–Crippen LogP) is 1.34. The zero-order valence-electron chi connectivity index (χ0n) is 13.9. The Morgan fingerprint density at radius 1 is 1.28 bits per heavy atom. The summed E-state index contributed by atoms with van der Waals surface area (Å²) in [5, 5.41) is 0.348. The smallest absolute Gasteiger partial charge is 0.337 e. The molecule has 0 bridgehead atoms. The number of amides is 2. The molecule has 2 aliphatic rings. The van der Waals surface area contributed by atoms with Crippen LogP contribution in [0, 0.1) is 5.92 Å². The first kappa shape index (κ1) is 17.7. The second-order valence-corrected chi connectivity index (χ2v) is 6.41. The number of nitrogens with zero attached hydrogens (tertiary/aromatic N) is 2. The molecule has 0 radical (unpaired) electrons. The number of morpholine rings is 1. The van der Waals surface area contributed by atoms with Crippen molar-refractivity contribution < 1.29 is 23.9 Å². The molecule has 1 unspecified atom stereocenters. The number of halogens is 1. The van der Waals surface area contributed by atoms with Gasteiger partial charge in [0.05, 0.1) is 42.5 Å². The minimum Gasteiger partial charge on any atom is -0.465 e. The zero-order valence-corrected chi connectivity index (χ0v) is 14.6. The summed E-state index contributed by atoms with van der Waals surface area (Å²) in [6.45, 7) is 2.37. The Morgan fingerprint density at radius 3 is 2.68 bits per heavy atom. The number of anilines is 1. The van der Waals surface area contributed by atoms with Crippen molar-refractivity contribution in [3.05, 3.63) is 28.8 Å². The number of carbonyl (C=O) groups is 3. The fraction of sp³-hybridized carbons (Fsp3) is 0.471. The summed E-state index contributed by atoms with van der Waals surface area (Å²) in [4.78, 5) is 40.0. The van der Waals surface area contributed by atoms with E-state index in [2.05, 4.69) is 0 Å².